The number of aromatic nitrogens is 2. The molecule has 0 unspecified atom stereocenters. The minimum Gasteiger partial charge on any atom is -0.457 e. The fourth-order valence-electron chi connectivity index (χ4n) is 13.8. The van der Waals surface area contributed by atoms with Crippen LogP contribution in [0.3, 0.4) is 0 Å². The number of ether oxygens (including phenoxy) is 1. The van der Waals surface area contributed by atoms with E-state index in [1.54, 1.807) is 0 Å². The van der Waals surface area contributed by atoms with Crippen LogP contribution >= 0.6 is 0 Å². The van der Waals surface area contributed by atoms with Gasteiger partial charge in [-0.05, 0) is 154 Å². The Labute approximate surface area is 410 Å². The predicted octanol–water partition coefficient (Wildman–Crippen LogP) is 16.9. The Hall–Kier alpha value is -6.33. The molecular weight excluding hydrogens is 841 g/mol. The highest BCUT2D eigenvalue weighted by molar-refractivity contribution is 6.09. The zero-order valence-corrected chi connectivity index (χ0v) is 42.2. The summed E-state index contributed by atoms with van der Waals surface area (Å²) in [6.45, 7) is 21.6. The average molecular weight is 909 g/mol. The first-order chi connectivity index (χ1) is 33.1. The summed E-state index contributed by atoms with van der Waals surface area (Å²) in [5.74, 6) is 5.65. The lowest BCUT2D eigenvalue weighted by Gasteiger charge is -2.62. The summed E-state index contributed by atoms with van der Waals surface area (Å²) in [7, 11) is 0. The summed E-state index contributed by atoms with van der Waals surface area (Å²) in [5.41, 5.74) is 13.7. The first-order valence-electron chi connectivity index (χ1n) is 25.7. The molecule has 0 radical (unpaired) electrons. The maximum atomic E-state index is 7.12. The number of benzene rings is 6. The fraction of sp³-hybridized carbons (Fsp3) is 0.359. The number of nitrogens with zero attached hydrogens (tertiary/aromatic N) is 4. The van der Waals surface area contributed by atoms with Gasteiger partial charge in [-0.1, -0.05) is 141 Å². The predicted molar refractivity (Wildman–Crippen MR) is 287 cm³/mol. The van der Waals surface area contributed by atoms with Crippen molar-refractivity contribution in [3.05, 3.63) is 180 Å². The molecule has 4 fully saturated rings. The summed E-state index contributed by atoms with van der Waals surface area (Å²) >= 11 is 0. The van der Waals surface area contributed by atoms with Crippen molar-refractivity contribution in [3.63, 3.8) is 0 Å². The van der Waals surface area contributed by atoms with Gasteiger partial charge in [0, 0.05) is 40.2 Å². The topological polar surface area (TPSA) is 33.5 Å². The highest BCUT2D eigenvalue weighted by Crippen LogP contribution is 2.65. The van der Waals surface area contributed by atoms with Crippen molar-refractivity contribution in [2.24, 2.45) is 23.7 Å². The van der Waals surface area contributed by atoms with Gasteiger partial charge in [-0.3, -0.25) is 4.57 Å². The Morgan fingerprint density at radius 2 is 1.13 bits per heavy atom. The van der Waals surface area contributed by atoms with E-state index < -0.39 is 0 Å². The average Bonchev–Trinajstić information content (AvgIpc) is 3.87. The van der Waals surface area contributed by atoms with Gasteiger partial charge in [0.25, 0.3) is 0 Å². The molecule has 0 saturated heterocycles. The minimum absolute atomic E-state index is 0.00702. The number of para-hydroxylation sites is 4. The van der Waals surface area contributed by atoms with Crippen LogP contribution in [0.1, 0.15) is 122 Å². The van der Waals surface area contributed by atoms with Crippen LogP contribution in [0.4, 0.5) is 22.7 Å². The normalized spacial score (nSPS) is 22.2. The van der Waals surface area contributed by atoms with Crippen molar-refractivity contribution < 1.29 is 4.74 Å². The summed E-state index contributed by atoms with van der Waals surface area (Å²) in [4.78, 5) is 10.3. The van der Waals surface area contributed by atoms with Crippen LogP contribution in [0.2, 0.25) is 0 Å². The second kappa shape index (κ2) is 15.9. The molecule has 6 aromatic carbocycles. The van der Waals surface area contributed by atoms with Gasteiger partial charge in [-0.25, -0.2) is 4.98 Å². The monoisotopic (exact) mass is 909 g/mol. The van der Waals surface area contributed by atoms with Crippen molar-refractivity contribution in [1.29, 1.82) is 0 Å². The van der Waals surface area contributed by atoms with E-state index in [4.69, 9.17) is 9.72 Å². The first kappa shape index (κ1) is 43.9. The minimum atomic E-state index is -0.118. The molecule has 8 aromatic rings. The van der Waals surface area contributed by atoms with Crippen LogP contribution < -0.4 is 14.5 Å². The van der Waals surface area contributed by atoms with E-state index in [2.05, 4.69) is 228 Å². The SMILES string of the molecule is CC(C)(C)c1cc(Oc2ccc3c4ccccc4n(-c4cc(C5(c6ccccc6)C6CC7CC(C6)CC5C7)ccn4)c3c2)cc(N2CN(c3c(C(C)(C)C)cccc3C(C)(C)C)c3ccccc32)c1. The van der Waals surface area contributed by atoms with Crippen LogP contribution in [0.15, 0.2) is 152 Å². The molecule has 3 heterocycles. The molecule has 69 heavy (non-hydrogen) atoms. The molecule has 5 aliphatic rings. The smallest absolute Gasteiger partial charge is 0.137 e. The molecule has 0 spiro atoms. The Morgan fingerprint density at radius 3 is 1.80 bits per heavy atom. The van der Waals surface area contributed by atoms with E-state index in [0.29, 0.717) is 18.5 Å². The Balaban J connectivity index is 0.957. The zero-order chi connectivity index (χ0) is 47.6. The molecule has 5 nitrogen and oxygen atoms in total. The highest BCUT2D eigenvalue weighted by atomic mass is 16.5. The highest BCUT2D eigenvalue weighted by Gasteiger charge is 2.58. The van der Waals surface area contributed by atoms with E-state index in [-0.39, 0.29) is 21.7 Å². The molecule has 4 bridgehead atoms. The molecule has 2 aromatic heterocycles. The number of rotatable bonds is 7. The number of anilines is 4. The summed E-state index contributed by atoms with van der Waals surface area (Å²) < 4.78 is 9.51. The van der Waals surface area contributed by atoms with Gasteiger partial charge in [-0.15, -0.1) is 0 Å². The van der Waals surface area contributed by atoms with Gasteiger partial charge in [-0.2, -0.15) is 0 Å². The van der Waals surface area contributed by atoms with Gasteiger partial charge < -0.3 is 14.5 Å². The molecule has 0 N–H and O–H groups in total. The van der Waals surface area contributed by atoms with Crippen molar-refractivity contribution in [2.45, 2.75) is 116 Å². The van der Waals surface area contributed by atoms with E-state index in [1.165, 1.54) is 87.8 Å². The second-order valence-corrected chi connectivity index (χ2v) is 24.2. The van der Waals surface area contributed by atoms with Crippen LogP contribution in [0.25, 0.3) is 27.6 Å². The third kappa shape index (κ3) is 7.20. The molecule has 4 aliphatic carbocycles. The summed E-state index contributed by atoms with van der Waals surface area (Å²) in [6, 6.07) is 54.5. The van der Waals surface area contributed by atoms with Gasteiger partial charge in [0.05, 0.1) is 28.1 Å². The fourth-order valence-corrected chi connectivity index (χ4v) is 13.8. The first-order valence-corrected chi connectivity index (χ1v) is 25.7. The Bertz CT molecular complexity index is 3210. The van der Waals surface area contributed by atoms with Crippen molar-refractivity contribution in [3.8, 4) is 17.3 Å². The molecule has 13 rings (SSSR count). The third-order valence-electron chi connectivity index (χ3n) is 16.7. The van der Waals surface area contributed by atoms with Gasteiger partial charge >= 0.3 is 0 Å². The van der Waals surface area contributed by atoms with Crippen LogP contribution in [-0.2, 0) is 21.7 Å². The Morgan fingerprint density at radius 1 is 0.507 bits per heavy atom. The number of hydrogen-bond acceptors (Lipinski definition) is 4. The standard InChI is InChI=1S/C64H68N4O/c1-61(2,3)45-35-48(66-40-67(57-25-16-15-24-56(57)66)60-53(62(4,5)6)21-17-22-54(60)63(7,8)9)38-50(36-45)69-49-26-27-52-51-20-13-14-23-55(51)68(58(52)39-49)59-37-44(28-29-65-59)64(43-18-11-10-12-19-43)46-31-41-30-42(33-46)34-47(64)32-41/h10-29,35-39,41-42,46-47H,30-34,40H2,1-9H3. The van der Waals surface area contributed by atoms with E-state index in [0.717, 1.165) is 45.9 Å². The largest absolute Gasteiger partial charge is 0.457 e. The van der Waals surface area contributed by atoms with Crippen molar-refractivity contribution in [2.75, 3.05) is 16.5 Å². The second-order valence-electron chi connectivity index (χ2n) is 24.2. The Kier molecular flexibility index (Phi) is 10.1. The lowest BCUT2D eigenvalue weighted by Crippen LogP contribution is -2.56. The number of fused-ring (bicyclic) bond motifs is 4. The molecule has 350 valence electrons. The van der Waals surface area contributed by atoms with Crippen LogP contribution in [0, 0.1) is 23.7 Å². The van der Waals surface area contributed by atoms with E-state index in [1.807, 2.05) is 0 Å². The van der Waals surface area contributed by atoms with Crippen molar-refractivity contribution >= 4 is 44.6 Å². The number of pyridine rings is 1. The molecular formula is C64H68N4O. The summed E-state index contributed by atoms with van der Waals surface area (Å²) in [6.07, 6.45) is 8.85. The number of hydrogen-bond donors (Lipinski definition) is 0. The quantitative estimate of drug-likeness (QED) is 0.160. The van der Waals surface area contributed by atoms with Gasteiger partial charge in [0.15, 0.2) is 0 Å². The lowest BCUT2D eigenvalue weighted by molar-refractivity contribution is -0.0418. The molecule has 1 aliphatic heterocycles. The van der Waals surface area contributed by atoms with E-state index >= 15 is 0 Å². The maximum absolute atomic E-state index is 7.12. The molecule has 0 amide bonds. The van der Waals surface area contributed by atoms with Crippen molar-refractivity contribution in [1.82, 2.24) is 9.55 Å². The van der Waals surface area contributed by atoms with Gasteiger partial charge in [0.2, 0.25) is 0 Å². The van der Waals surface area contributed by atoms with Gasteiger partial charge in [0.1, 0.15) is 24.0 Å². The third-order valence-corrected chi connectivity index (χ3v) is 16.7. The lowest BCUT2D eigenvalue weighted by atomic mass is 9.42. The molecule has 0 atom stereocenters. The molecule has 4 saturated carbocycles. The maximum Gasteiger partial charge on any atom is 0.137 e. The zero-order valence-electron chi connectivity index (χ0n) is 42.2. The van der Waals surface area contributed by atoms with E-state index in [9.17, 15) is 0 Å². The van der Waals surface area contributed by atoms with Crippen LogP contribution in [0.5, 0.6) is 11.5 Å². The summed E-state index contributed by atoms with van der Waals surface area (Å²) in [5, 5.41) is 2.41. The molecule has 5 heteroatoms. The van der Waals surface area contributed by atoms with Crippen LogP contribution in [-0.4, -0.2) is 16.2 Å².